The summed E-state index contributed by atoms with van der Waals surface area (Å²) >= 11 is 0. The lowest BCUT2D eigenvalue weighted by atomic mass is 10.0. The molecule has 9 heteroatoms. The molecule has 3 N–H and O–H groups in total. The van der Waals surface area contributed by atoms with Crippen LogP contribution in [0.15, 0.2) is 47.4 Å². The molecular formula is C19H23ClFN3O3S. The van der Waals surface area contributed by atoms with Crippen molar-refractivity contribution in [2.24, 2.45) is 5.73 Å². The molecule has 1 aliphatic heterocycles. The van der Waals surface area contributed by atoms with Crippen LogP contribution in [0.1, 0.15) is 28.8 Å². The Morgan fingerprint density at radius 2 is 1.82 bits per heavy atom. The van der Waals surface area contributed by atoms with Crippen LogP contribution in [0.3, 0.4) is 0 Å². The number of carbonyl (C=O) groups excluding carboxylic acids is 1. The van der Waals surface area contributed by atoms with Crippen molar-refractivity contribution in [2.75, 3.05) is 17.8 Å². The van der Waals surface area contributed by atoms with E-state index in [0.717, 1.165) is 12.1 Å². The van der Waals surface area contributed by atoms with E-state index < -0.39 is 15.8 Å². The third kappa shape index (κ3) is 4.81. The first-order valence-corrected chi connectivity index (χ1v) is 10.2. The molecule has 0 atom stereocenters. The van der Waals surface area contributed by atoms with Gasteiger partial charge in [-0.15, -0.1) is 12.4 Å². The number of anilines is 1. The Morgan fingerprint density at radius 3 is 2.46 bits per heavy atom. The molecule has 1 aliphatic rings. The van der Waals surface area contributed by atoms with Gasteiger partial charge >= 0.3 is 0 Å². The number of para-hydroxylation sites is 1. The number of nitrogens with two attached hydrogens (primary N) is 1. The minimum atomic E-state index is -3.96. The van der Waals surface area contributed by atoms with Gasteiger partial charge in [-0.3, -0.25) is 9.52 Å². The lowest BCUT2D eigenvalue weighted by Crippen LogP contribution is -2.43. The maximum Gasteiger partial charge on any atom is 0.262 e. The number of piperidine rings is 1. The molecular weight excluding hydrogens is 405 g/mol. The van der Waals surface area contributed by atoms with E-state index in [9.17, 15) is 17.6 Å². The molecule has 1 fully saturated rings. The third-order valence-electron chi connectivity index (χ3n) is 4.66. The average molecular weight is 428 g/mol. The number of nitrogens with one attached hydrogen (secondary N) is 1. The predicted octanol–water partition coefficient (Wildman–Crippen LogP) is 2.92. The number of rotatable bonds is 4. The van der Waals surface area contributed by atoms with Crippen LogP contribution >= 0.6 is 12.4 Å². The molecule has 0 aliphatic carbocycles. The quantitative estimate of drug-likeness (QED) is 0.784. The van der Waals surface area contributed by atoms with Crippen LogP contribution in [-0.4, -0.2) is 38.4 Å². The van der Waals surface area contributed by atoms with Crippen LogP contribution in [0.2, 0.25) is 0 Å². The molecule has 0 unspecified atom stereocenters. The van der Waals surface area contributed by atoms with Gasteiger partial charge < -0.3 is 10.6 Å². The monoisotopic (exact) mass is 427 g/mol. The molecule has 2 aromatic carbocycles. The SMILES string of the molecule is Cc1cc(F)ccc1S(=O)(=O)Nc1ccccc1C(=O)N1CCC(N)CC1.Cl. The van der Waals surface area contributed by atoms with Crippen molar-refractivity contribution < 1.29 is 17.6 Å². The van der Waals surface area contributed by atoms with Crippen molar-refractivity contribution in [3.63, 3.8) is 0 Å². The highest BCUT2D eigenvalue weighted by Gasteiger charge is 2.25. The summed E-state index contributed by atoms with van der Waals surface area (Å²) in [5.74, 6) is -0.749. The summed E-state index contributed by atoms with van der Waals surface area (Å²) in [6.07, 6.45) is 1.43. The lowest BCUT2D eigenvalue weighted by molar-refractivity contribution is 0.0716. The van der Waals surface area contributed by atoms with Gasteiger partial charge in [0.05, 0.1) is 16.1 Å². The van der Waals surface area contributed by atoms with Gasteiger partial charge in [-0.2, -0.15) is 0 Å². The average Bonchev–Trinajstić information content (AvgIpc) is 2.61. The maximum absolute atomic E-state index is 13.3. The molecule has 1 amide bonds. The molecule has 0 bridgehead atoms. The Kier molecular flexibility index (Phi) is 7.03. The minimum absolute atomic E-state index is 0. The van der Waals surface area contributed by atoms with Gasteiger partial charge in [0.1, 0.15) is 5.82 Å². The van der Waals surface area contributed by atoms with Crippen molar-refractivity contribution in [3.8, 4) is 0 Å². The van der Waals surface area contributed by atoms with E-state index in [1.165, 1.54) is 13.0 Å². The van der Waals surface area contributed by atoms with Crippen molar-refractivity contribution in [3.05, 3.63) is 59.4 Å². The van der Waals surface area contributed by atoms with E-state index in [2.05, 4.69) is 4.72 Å². The fraction of sp³-hybridized carbons (Fsp3) is 0.316. The molecule has 0 radical (unpaired) electrons. The number of carbonyl (C=O) groups is 1. The standard InChI is InChI=1S/C19H22FN3O3S.ClH/c1-13-12-14(20)6-7-18(13)27(25,26)22-17-5-3-2-4-16(17)19(24)23-10-8-15(21)9-11-23;/h2-7,12,15,22H,8-11,21H2,1H3;1H. The molecule has 1 saturated heterocycles. The van der Waals surface area contributed by atoms with Gasteiger partial charge in [-0.05, 0) is 55.7 Å². The molecule has 3 rings (SSSR count). The summed E-state index contributed by atoms with van der Waals surface area (Å²) in [7, 11) is -3.96. The Hall–Kier alpha value is -2.16. The Labute approximate surface area is 170 Å². The molecule has 1 heterocycles. The van der Waals surface area contributed by atoms with Gasteiger partial charge in [0.25, 0.3) is 15.9 Å². The Morgan fingerprint density at radius 1 is 1.18 bits per heavy atom. The number of likely N-dealkylation sites (tertiary alicyclic amines) is 1. The summed E-state index contributed by atoms with van der Waals surface area (Å²) in [4.78, 5) is 14.5. The van der Waals surface area contributed by atoms with E-state index in [-0.39, 0.29) is 46.1 Å². The molecule has 6 nitrogen and oxygen atoms in total. The zero-order chi connectivity index (χ0) is 19.6. The summed E-state index contributed by atoms with van der Waals surface area (Å²) in [6.45, 7) is 2.60. The second-order valence-corrected chi connectivity index (χ2v) is 8.34. The number of amides is 1. The van der Waals surface area contributed by atoms with E-state index in [1.54, 1.807) is 29.2 Å². The fourth-order valence-electron chi connectivity index (χ4n) is 3.15. The van der Waals surface area contributed by atoms with Gasteiger partial charge in [0.2, 0.25) is 0 Å². The summed E-state index contributed by atoms with van der Waals surface area (Å²) in [6, 6.07) is 10.0. The second-order valence-electron chi connectivity index (χ2n) is 6.69. The molecule has 0 aromatic heterocycles. The zero-order valence-electron chi connectivity index (χ0n) is 15.4. The van der Waals surface area contributed by atoms with E-state index in [0.29, 0.717) is 25.9 Å². The lowest BCUT2D eigenvalue weighted by Gasteiger charge is -2.30. The van der Waals surface area contributed by atoms with Crippen LogP contribution in [0.4, 0.5) is 10.1 Å². The van der Waals surface area contributed by atoms with E-state index >= 15 is 0 Å². The number of aryl methyl sites for hydroxylation is 1. The number of hydrogen-bond donors (Lipinski definition) is 2. The van der Waals surface area contributed by atoms with Crippen molar-refractivity contribution in [2.45, 2.75) is 30.7 Å². The smallest absolute Gasteiger partial charge is 0.262 e. The zero-order valence-corrected chi connectivity index (χ0v) is 17.0. The third-order valence-corrected chi connectivity index (χ3v) is 6.18. The minimum Gasteiger partial charge on any atom is -0.338 e. The van der Waals surface area contributed by atoms with Crippen molar-refractivity contribution >= 4 is 34.0 Å². The maximum atomic E-state index is 13.3. The van der Waals surface area contributed by atoms with Gasteiger partial charge in [-0.25, -0.2) is 12.8 Å². The van der Waals surface area contributed by atoms with Crippen LogP contribution < -0.4 is 10.5 Å². The highest BCUT2D eigenvalue weighted by atomic mass is 35.5. The summed E-state index contributed by atoms with van der Waals surface area (Å²) in [5.41, 5.74) is 6.64. The van der Waals surface area contributed by atoms with Crippen molar-refractivity contribution in [1.29, 1.82) is 0 Å². The number of benzene rings is 2. The second kappa shape index (κ2) is 8.89. The van der Waals surface area contributed by atoms with Crippen LogP contribution in [0, 0.1) is 12.7 Å². The molecule has 152 valence electrons. The van der Waals surface area contributed by atoms with E-state index in [4.69, 9.17) is 5.73 Å². The number of sulfonamides is 1. The van der Waals surface area contributed by atoms with Gasteiger partial charge in [0, 0.05) is 19.1 Å². The highest BCUT2D eigenvalue weighted by Crippen LogP contribution is 2.24. The molecule has 0 saturated carbocycles. The highest BCUT2D eigenvalue weighted by molar-refractivity contribution is 7.92. The van der Waals surface area contributed by atoms with Gasteiger partial charge in [0.15, 0.2) is 0 Å². The molecule has 2 aromatic rings. The summed E-state index contributed by atoms with van der Waals surface area (Å²) in [5, 5.41) is 0. The summed E-state index contributed by atoms with van der Waals surface area (Å²) < 4.78 is 41.3. The first-order valence-electron chi connectivity index (χ1n) is 8.71. The fourth-order valence-corrected chi connectivity index (χ4v) is 4.45. The predicted molar refractivity (Wildman–Crippen MR) is 109 cm³/mol. The molecule has 28 heavy (non-hydrogen) atoms. The largest absolute Gasteiger partial charge is 0.338 e. The topological polar surface area (TPSA) is 92.5 Å². The van der Waals surface area contributed by atoms with Gasteiger partial charge in [-0.1, -0.05) is 12.1 Å². The number of hydrogen-bond acceptors (Lipinski definition) is 4. The number of halogens is 2. The van der Waals surface area contributed by atoms with Crippen LogP contribution in [0.25, 0.3) is 0 Å². The Bertz CT molecular complexity index is 961. The normalized spacial score (nSPS) is 15.0. The van der Waals surface area contributed by atoms with Crippen LogP contribution in [-0.2, 0) is 10.0 Å². The first-order chi connectivity index (χ1) is 12.8. The van der Waals surface area contributed by atoms with E-state index in [1.807, 2.05) is 0 Å². The first kappa shape index (κ1) is 22.1. The number of nitrogens with zero attached hydrogens (tertiary/aromatic N) is 1. The van der Waals surface area contributed by atoms with Crippen LogP contribution in [0.5, 0.6) is 0 Å². The van der Waals surface area contributed by atoms with Crippen molar-refractivity contribution in [1.82, 2.24) is 4.90 Å². The molecule has 0 spiro atoms. The Balaban J connectivity index is 0.00000280.